The van der Waals surface area contributed by atoms with Crippen molar-refractivity contribution < 1.29 is 31.1 Å². The van der Waals surface area contributed by atoms with Gasteiger partial charge in [-0.25, -0.2) is 18.2 Å². The average molecular weight is 471 g/mol. The molecule has 0 aliphatic carbocycles. The van der Waals surface area contributed by atoms with Crippen LogP contribution in [0, 0.1) is 0 Å². The van der Waals surface area contributed by atoms with Gasteiger partial charge in [-0.05, 0) is 36.4 Å². The molecule has 12 heteroatoms. The number of methoxy groups -OCH3 is 2. The standard InChI is InChI=1S/C19H16F3N3O4S2/c1-28-14-7-12-16(8-15(14)29-2)30-9-13-17(12)25(24-18(13)19(20,21)22)10-3-5-11(6-4-10)31(23,26)27/h3-8H,9H2,1-2H3,(H2,23,26,27). The van der Waals surface area contributed by atoms with E-state index in [1.807, 2.05) is 0 Å². The molecule has 0 radical (unpaired) electrons. The number of nitrogens with two attached hydrogens (primary N) is 1. The largest absolute Gasteiger partial charge is 0.493 e. The Hall–Kier alpha value is -2.70. The van der Waals surface area contributed by atoms with Gasteiger partial charge in [0.15, 0.2) is 17.2 Å². The van der Waals surface area contributed by atoms with E-state index in [-0.39, 0.29) is 27.6 Å². The molecular formula is C19H16F3N3O4S2. The van der Waals surface area contributed by atoms with Crippen molar-refractivity contribution in [3.8, 4) is 28.4 Å². The highest BCUT2D eigenvalue weighted by Crippen LogP contribution is 2.50. The number of hydrogen-bond donors (Lipinski definition) is 1. The van der Waals surface area contributed by atoms with Crippen LogP contribution in [0.3, 0.4) is 0 Å². The van der Waals surface area contributed by atoms with Crippen LogP contribution in [-0.2, 0) is 22.0 Å². The highest BCUT2D eigenvalue weighted by atomic mass is 32.2. The number of hydrogen-bond acceptors (Lipinski definition) is 6. The zero-order valence-electron chi connectivity index (χ0n) is 16.2. The van der Waals surface area contributed by atoms with Crippen molar-refractivity contribution >= 4 is 21.8 Å². The smallest absolute Gasteiger partial charge is 0.435 e. The summed E-state index contributed by atoms with van der Waals surface area (Å²) in [5.74, 6) is 0.874. The maximum absolute atomic E-state index is 13.7. The lowest BCUT2D eigenvalue weighted by atomic mass is 10.0. The Morgan fingerprint density at radius 3 is 2.26 bits per heavy atom. The number of alkyl halides is 3. The van der Waals surface area contributed by atoms with Crippen molar-refractivity contribution in [1.29, 1.82) is 0 Å². The Morgan fingerprint density at radius 1 is 1.10 bits per heavy atom. The van der Waals surface area contributed by atoms with Gasteiger partial charge in [-0.3, -0.25) is 0 Å². The van der Waals surface area contributed by atoms with Crippen LogP contribution in [0.25, 0.3) is 16.9 Å². The molecule has 0 saturated carbocycles. The number of nitrogens with zero attached hydrogens (tertiary/aromatic N) is 2. The second-order valence-electron chi connectivity index (χ2n) is 6.62. The molecule has 1 aliphatic rings. The normalized spacial score (nSPS) is 13.5. The minimum absolute atomic E-state index is 0.0349. The van der Waals surface area contributed by atoms with Gasteiger partial charge in [-0.15, -0.1) is 11.8 Å². The monoisotopic (exact) mass is 471 g/mol. The number of halogens is 3. The Balaban J connectivity index is 1.98. The number of sulfonamides is 1. The van der Waals surface area contributed by atoms with Gasteiger partial charge in [-0.1, -0.05) is 0 Å². The Bertz CT molecular complexity index is 1270. The van der Waals surface area contributed by atoms with Crippen LogP contribution in [0.15, 0.2) is 46.2 Å². The van der Waals surface area contributed by atoms with Gasteiger partial charge in [0.1, 0.15) is 0 Å². The summed E-state index contributed by atoms with van der Waals surface area (Å²) in [7, 11) is -1.04. The molecule has 4 rings (SSSR count). The lowest BCUT2D eigenvalue weighted by Crippen LogP contribution is -2.12. The zero-order valence-corrected chi connectivity index (χ0v) is 17.9. The zero-order chi connectivity index (χ0) is 22.6. The Morgan fingerprint density at radius 2 is 1.71 bits per heavy atom. The van der Waals surface area contributed by atoms with Gasteiger partial charge >= 0.3 is 6.18 Å². The second-order valence-corrected chi connectivity index (χ2v) is 9.19. The van der Waals surface area contributed by atoms with Crippen LogP contribution in [-0.4, -0.2) is 32.4 Å². The average Bonchev–Trinajstić information content (AvgIpc) is 3.12. The molecule has 1 aliphatic heterocycles. The fourth-order valence-electron chi connectivity index (χ4n) is 3.37. The van der Waals surface area contributed by atoms with Crippen LogP contribution in [0.2, 0.25) is 0 Å². The van der Waals surface area contributed by atoms with Crippen LogP contribution < -0.4 is 14.6 Å². The molecule has 2 N–H and O–H groups in total. The van der Waals surface area contributed by atoms with E-state index in [1.165, 1.54) is 50.2 Å². The minimum Gasteiger partial charge on any atom is -0.493 e. The maximum atomic E-state index is 13.7. The molecule has 1 aromatic heterocycles. The van der Waals surface area contributed by atoms with E-state index in [9.17, 15) is 21.6 Å². The molecule has 0 atom stereocenters. The van der Waals surface area contributed by atoms with Crippen molar-refractivity contribution in [3.05, 3.63) is 47.7 Å². The first-order valence-electron chi connectivity index (χ1n) is 8.76. The van der Waals surface area contributed by atoms with Crippen molar-refractivity contribution in [3.63, 3.8) is 0 Å². The van der Waals surface area contributed by atoms with E-state index in [4.69, 9.17) is 14.6 Å². The van der Waals surface area contributed by atoms with Crippen LogP contribution in [0.1, 0.15) is 11.3 Å². The summed E-state index contributed by atoms with van der Waals surface area (Å²) in [6.07, 6.45) is -4.66. The number of benzene rings is 2. The summed E-state index contributed by atoms with van der Waals surface area (Å²) in [5, 5.41) is 8.96. The molecule has 2 heterocycles. The highest BCUT2D eigenvalue weighted by molar-refractivity contribution is 7.98. The lowest BCUT2D eigenvalue weighted by molar-refractivity contribution is -0.141. The maximum Gasteiger partial charge on any atom is 0.435 e. The predicted octanol–water partition coefficient (Wildman–Crippen LogP) is 3.83. The van der Waals surface area contributed by atoms with E-state index in [2.05, 4.69) is 5.10 Å². The Kier molecular flexibility index (Phi) is 5.18. The molecule has 2 aromatic carbocycles. The highest BCUT2D eigenvalue weighted by Gasteiger charge is 2.41. The molecule has 0 fully saturated rings. The van der Waals surface area contributed by atoms with Gasteiger partial charge in [0.2, 0.25) is 10.0 Å². The molecule has 0 amide bonds. The van der Waals surface area contributed by atoms with E-state index >= 15 is 0 Å². The summed E-state index contributed by atoms with van der Waals surface area (Å²) in [5.41, 5.74) is 0.0540. The fourth-order valence-corrected chi connectivity index (χ4v) is 4.96. The van der Waals surface area contributed by atoms with Crippen LogP contribution in [0.5, 0.6) is 11.5 Å². The predicted molar refractivity (Wildman–Crippen MR) is 108 cm³/mol. The molecule has 0 spiro atoms. The number of primary sulfonamides is 1. The molecule has 0 bridgehead atoms. The van der Waals surface area contributed by atoms with Gasteiger partial charge in [0.25, 0.3) is 0 Å². The van der Waals surface area contributed by atoms with Gasteiger partial charge in [0.05, 0.1) is 30.5 Å². The van der Waals surface area contributed by atoms with Crippen molar-refractivity contribution in [2.24, 2.45) is 5.14 Å². The third kappa shape index (κ3) is 3.75. The van der Waals surface area contributed by atoms with Gasteiger partial charge in [0, 0.05) is 21.8 Å². The fraction of sp³-hybridized carbons (Fsp3) is 0.211. The van der Waals surface area contributed by atoms with Gasteiger partial charge < -0.3 is 9.47 Å². The second kappa shape index (κ2) is 7.46. The third-order valence-electron chi connectivity index (χ3n) is 4.77. The van der Waals surface area contributed by atoms with Gasteiger partial charge in [-0.2, -0.15) is 18.3 Å². The molecule has 31 heavy (non-hydrogen) atoms. The van der Waals surface area contributed by atoms with E-state index in [1.54, 1.807) is 12.1 Å². The molecular weight excluding hydrogens is 455 g/mol. The SMILES string of the molecule is COc1cc2c(cc1OC)-c1c(c(C(F)(F)F)nn1-c1ccc(S(N)(=O)=O)cc1)CS2. The van der Waals surface area contributed by atoms with Crippen molar-refractivity contribution in [1.82, 2.24) is 9.78 Å². The number of aromatic nitrogens is 2. The molecule has 0 saturated heterocycles. The van der Waals surface area contributed by atoms with E-state index in [0.717, 1.165) is 4.68 Å². The summed E-state index contributed by atoms with van der Waals surface area (Å²) < 4.78 is 76.0. The van der Waals surface area contributed by atoms with Crippen molar-refractivity contribution in [2.75, 3.05) is 14.2 Å². The summed E-state index contributed by atoms with van der Waals surface area (Å²) in [6, 6.07) is 8.47. The summed E-state index contributed by atoms with van der Waals surface area (Å²) in [4.78, 5) is 0.553. The molecule has 3 aromatic rings. The number of fused-ring (bicyclic) bond motifs is 3. The van der Waals surface area contributed by atoms with Crippen LogP contribution in [0.4, 0.5) is 13.2 Å². The third-order valence-corrected chi connectivity index (χ3v) is 6.79. The van der Waals surface area contributed by atoms with E-state index in [0.29, 0.717) is 22.0 Å². The topological polar surface area (TPSA) is 96.4 Å². The quantitative estimate of drug-likeness (QED) is 0.621. The first-order valence-corrected chi connectivity index (χ1v) is 11.3. The summed E-state index contributed by atoms with van der Waals surface area (Å²) >= 11 is 1.24. The Labute approximate surface area is 180 Å². The molecule has 164 valence electrons. The van der Waals surface area contributed by atoms with E-state index < -0.39 is 21.9 Å². The number of rotatable bonds is 4. The summed E-state index contributed by atoms with van der Waals surface area (Å²) in [6.45, 7) is 0. The molecule has 7 nitrogen and oxygen atoms in total. The number of ether oxygens (including phenoxy) is 2. The first kappa shape index (κ1) is 21.5. The van der Waals surface area contributed by atoms with Crippen LogP contribution >= 0.6 is 11.8 Å². The lowest BCUT2D eigenvalue weighted by Gasteiger charge is -2.21. The number of thioether (sulfide) groups is 1. The first-order chi connectivity index (χ1) is 14.5. The van der Waals surface area contributed by atoms with Crippen molar-refractivity contribution in [2.45, 2.75) is 21.7 Å². The molecule has 0 unspecified atom stereocenters. The minimum atomic E-state index is -4.66.